The zero-order valence-corrected chi connectivity index (χ0v) is 22.5. The van der Waals surface area contributed by atoms with Crippen molar-refractivity contribution in [2.24, 2.45) is 0 Å². The molecule has 0 aromatic carbocycles. The smallest absolute Gasteiger partial charge is 0.726 e. The van der Waals surface area contributed by atoms with E-state index in [1.165, 1.54) is 19.8 Å². The van der Waals surface area contributed by atoms with Gasteiger partial charge in [-0.05, 0) is 36.5 Å². The largest absolute Gasteiger partial charge is 1.00 e. The van der Waals surface area contributed by atoms with E-state index in [1.54, 1.807) is 11.8 Å². The van der Waals surface area contributed by atoms with Gasteiger partial charge >= 0.3 is 29.6 Å². The molecule has 31 heavy (non-hydrogen) atoms. The van der Waals surface area contributed by atoms with Crippen LogP contribution in [-0.4, -0.2) is 90.2 Å². The average molecular weight is 514 g/mol. The van der Waals surface area contributed by atoms with Crippen LogP contribution in [0.2, 0.25) is 0 Å². The van der Waals surface area contributed by atoms with Crippen molar-refractivity contribution in [2.75, 3.05) is 30.5 Å². The zero-order valence-electron chi connectivity index (χ0n) is 18.0. The van der Waals surface area contributed by atoms with Gasteiger partial charge in [0, 0.05) is 6.92 Å². The van der Waals surface area contributed by atoms with Crippen LogP contribution in [0, 0.1) is 0 Å². The first-order chi connectivity index (χ1) is 14.2. The minimum absolute atomic E-state index is 0. The first kappa shape index (κ1) is 31.9. The quantitative estimate of drug-likeness (QED) is 0.0587. The number of carbonyl (C=O) groups is 1. The fourth-order valence-electron chi connectivity index (χ4n) is 2.98. The van der Waals surface area contributed by atoms with Crippen molar-refractivity contribution in [3.63, 3.8) is 0 Å². The third kappa shape index (κ3) is 13.4. The van der Waals surface area contributed by atoms with Crippen LogP contribution in [0.1, 0.15) is 39.0 Å². The molecule has 0 unspecified atom stereocenters. The molecule has 1 saturated heterocycles. The Bertz CT molecular complexity index is 599. The number of hydrogen-bond donors (Lipinski definition) is 4. The second-order valence-corrected chi connectivity index (χ2v) is 9.57. The van der Waals surface area contributed by atoms with Crippen LogP contribution in [0.4, 0.5) is 0 Å². The summed E-state index contributed by atoms with van der Waals surface area (Å²) in [5.74, 6) is 2.23. The predicted octanol–water partition coefficient (Wildman–Crippen LogP) is -2.95. The Kier molecular flexibility index (Phi) is 17.8. The molecule has 1 fully saturated rings. The second-order valence-electron chi connectivity index (χ2n) is 6.89. The van der Waals surface area contributed by atoms with E-state index in [2.05, 4.69) is 22.1 Å². The van der Waals surface area contributed by atoms with E-state index in [0.717, 1.165) is 30.1 Å². The molecule has 10 nitrogen and oxygen atoms in total. The van der Waals surface area contributed by atoms with Gasteiger partial charge in [-0.1, -0.05) is 12.8 Å². The number of unbranched alkanes of at least 4 members (excludes halogenated alkanes) is 3. The van der Waals surface area contributed by atoms with E-state index < -0.39 is 53.6 Å². The van der Waals surface area contributed by atoms with Crippen molar-refractivity contribution in [3.8, 4) is 0 Å². The summed E-state index contributed by atoms with van der Waals surface area (Å²) in [6, 6.07) is -1.25. The summed E-state index contributed by atoms with van der Waals surface area (Å²) >= 11 is 5.97. The first-order valence-electron chi connectivity index (χ1n) is 9.85. The maximum atomic E-state index is 11.5. The minimum atomic E-state index is -5.19. The Morgan fingerprint density at radius 2 is 1.87 bits per heavy atom. The Morgan fingerprint density at radius 1 is 1.23 bits per heavy atom. The topological polar surface area (TPSA) is 154 Å². The number of amides is 1. The van der Waals surface area contributed by atoms with Gasteiger partial charge in [0.25, 0.3) is 0 Å². The molecule has 3 N–H and O–H groups in total. The number of thioether (sulfide) groups is 1. The van der Waals surface area contributed by atoms with Gasteiger partial charge in [0.05, 0.1) is 13.2 Å². The Labute approximate surface area is 216 Å². The van der Waals surface area contributed by atoms with E-state index in [0.29, 0.717) is 6.42 Å². The maximum Gasteiger partial charge on any atom is 1.00 e. The predicted molar refractivity (Wildman–Crippen MR) is 114 cm³/mol. The fraction of sp³-hybridized carbons (Fsp3) is 0.941. The summed E-state index contributed by atoms with van der Waals surface area (Å²) in [6.45, 7) is 0.755. The van der Waals surface area contributed by atoms with E-state index >= 15 is 0 Å². The number of nitrogens with one attached hydrogen (secondary N) is 1. The van der Waals surface area contributed by atoms with Crippen LogP contribution in [0.5, 0.6) is 0 Å². The fourth-order valence-corrected chi connectivity index (χ4v) is 4.64. The van der Waals surface area contributed by atoms with Crippen molar-refractivity contribution in [1.29, 1.82) is 0 Å². The molecule has 14 heteroatoms. The number of aliphatic hydroxyl groups is 2. The van der Waals surface area contributed by atoms with E-state index in [-0.39, 0.29) is 36.2 Å². The number of hydrogen-bond acceptors (Lipinski definition) is 11. The Hall–Kier alpha value is 0.880. The molecule has 0 radical (unpaired) electrons. The molecule has 1 aliphatic heterocycles. The Balaban J connectivity index is 0.00000900. The molecule has 1 rings (SSSR count). The van der Waals surface area contributed by atoms with E-state index in [4.69, 9.17) is 9.47 Å². The van der Waals surface area contributed by atoms with Crippen LogP contribution < -0.4 is 34.9 Å². The summed E-state index contributed by atoms with van der Waals surface area (Å²) in [4.78, 5) is 11.5. The molecule has 0 aromatic rings. The van der Waals surface area contributed by atoms with Gasteiger partial charge < -0.3 is 29.6 Å². The van der Waals surface area contributed by atoms with E-state index in [1.807, 2.05) is 0 Å². The number of rotatable bonds is 15. The molecule has 1 amide bonds. The molecular formula is C17H32NNaO9S3. The molecule has 0 spiro atoms. The van der Waals surface area contributed by atoms with Gasteiger partial charge in [0.2, 0.25) is 16.3 Å². The van der Waals surface area contributed by atoms with Gasteiger partial charge in [-0.2, -0.15) is 24.4 Å². The van der Waals surface area contributed by atoms with Crippen molar-refractivity contribution >= 4 is 40.7 Å². The molecular weight excluding hydrogens is 481 g/mol. The molecule has 0 aliphatic carbocycles. The molecule has 1 aliphatic rings. The number of thiol groups is 1. The minimum Gasteiger partial charge on any atom is -0.726 e. The summed E-state index contributed by atoms with van der Waals surface area (Å²) in [5, 5.41) is 22.0. The van der Waals surface area contributed by atoms with Crippen LogP contribution in [-0.2, 0) is 28.9 Å². The van der Waals surface area contributed by atoms with Crippen molar-refractivity contribution in [3.05, 3.63) is 0 Å². The summed E-state index contributed by atoms with van der Waals surface area (Å²) in [5.41, 5.74) is 0. The molecule has 178 valence electrons. The van der Waals surface area contributed by atoms with Gasteiger partial charge in [-0.3, -0.25) is 8.98 Å². The monoisotopic (exact) mass is 513 g/mol. The van der Waals surface area contributed by atoms with Gasteiger partial charge in [0.1, 0.15) is 24.4 Å². The number of ether oxygens (including phenoxy) is 2. The van der Waals surface area contributed by atoms with Crippen LogP contribution in [0.25, 0.3) is 0 Å². The van der Waals surface area contributed by atoms with Crippen LogP contribution >= 0.6 is 24.4 Å². The van der Waals surface area contributed by atoms with Gasteiger partial charge in [0.15, 0.2) is 6.29 Å². The zero-order chi connectivity index (χ0) is 22.6. The summed E-state index contributed by atoms with van der Waals surface area (Å²) in [6.07, 6.45) is -0.469. The van der Waals surface area contributed by atoms with Crippen molar-refractivity contribution < 1.29 is 71.2 Å². The standard InChI is InChI=1S/C17H33NO9S3.Na/c1-12(20)18-14-16(27-30(22,23)24)15(21)13(11-19)26-17(14)25-7-6-10-29-9-5-3-2-4-8-28;/h13-17,19,21,28H,2-11H2,1H3,(H,18,20)(H,22,23,24);/q;+1/p-1/t13-,14-,15-,16-,17-;/m1./s1. The van der Waals surface area contributed by atoms with Crippen molar-refractivity contribution in [2.45, 2.75) is 69.7 Å². The summed E-state index contributed by atoms with van der Waals surface area (Å²) in [7, 11) is -5.19. The molecule has 0 bridgehead atoms. The normalized spacial score (nSPS) is 26.3. The second kappa shape index (κ2) is 17.3. The molecule has 1 heterocycles. The SMILES string of the molecule is CC(=O)N[C@H]1[C@H](OCCCSCCCCCCS)O[C@H](CO)[C@@H](O)[C@@H]1OS(=O)(=O)[O-].[Na+]. The van der Waals surface area contributed by atoms with Crippen LogP contribution in [0.3, 0.4) is 0 Å². The third-order valence-electron chi connectivity index (χ3n) is 4.36. The molecule has 0 saturated carbocycles. The number of aliphatic hydroxyl groups excluding tert-OH is 2. The molecule has 5 atom stereocenters. The van der Waals surface area contributed by atoms with E-state index in [9.17, 15) is 28.0 Å². The van der Waals surface area contributed by atoms with Gasteiger partial charge in [-0.25, -0.2) is 8.42 Å². The summed E-state index contributed by atoms with van der Waals surface area (Å²) < 4.78 is 48.7. The third-order valence-corrected chi connectivity index (χ3v) is 6.29. The molecule has 0 aromatic heterocycles. The number of carbonyl (C=O) groups excluding carboxylic acids is 1. The Morgan fingerprint density at radius 3 is 2.45 bits per heavy atom. The average Bonchev–Trinajstić information content (AvgIpc) is 2.66. The maximum absolute atomic E-state index is 11.5. The van der Waals surface area contributed by atoms with Crippen molar-refractivity contribution in [1.82, 2.24) is 5.32 Å². The van der Waals surface area contributed by atoms with Crippen LogP contribution in [0.15, 0.2) is 0 Å². The first-order valence-corrected chi connectivity index (χ1v) is 13.0. The van der Waals surface area contributed by atoms with Gasteiger partial charge in [-0.15, -0.1) is 0 Å².